The highest BCUT2D eigenvalue weighted by Gasteiger charge is 2.11. The Kier molecular flexibility index (Phi) is 7.76. The summed E-state index contributed by atoms with van der Waals surface area (Å²) in [5.74, 6) is 0. The summed E-state index contributed by atoms with van der Waals surface area (Å²) < 4.78 is 0. The predicted octanol–water partition coefficient (Wildman–Crippen LogP) is 3.46. The second kappa shape index (κ2) is 9.11. The molecule has 0 aromatic heterocycles. The van der Waals surface area contributed by atoms with Crippen molar-refractivity contribution in [2.24, 2.45) is 0 Å². The molecular weight excluding hydrogens is 232 g/mol. The molecule has 0 aliphatic heterocycles. The first-order valence-corrected chi connectivity index (χ1v) is 7.70. The lowest BCUT2D eigenvalue weighted by Crippen LogP contribution is -2.31. The molecule has 0 heterocycles. The van der Waals surface area contributed by atoms with Gasteiger partial charge in [0, 0.05) is 12.6 Å². The minimum Gasteiger partial charge on any atom is -0.317 e. The summed E-state index contributed by atoms with van der Waals surface area (Å²) in [6.07, 6.45) is 2.35. The molecule has 19 heavy (non-hydrogen) atoms. The van der Waals surface area contributed by atoms with Crippen molar-refractivity contribution >= 4 is 0 Å². The first-order valence-electron chi connectivity index (χ1n) is 7.70. The maximum absolute atomic E-state index is 3.41. The lowest BCUT2D eigenvalue weighted by Gasteiger charge is -2.27. The molecular formula is C17H30N2. The van der Waals surface area contributed by atoms with E-state index in [1.165, 1.54) is 24.1 Å². The van der Waals surface area contributed by atoms with Crippen molar-refractivity contribution in [1.29, 1.82) is 0 Å². The highest BCUT2D eigenvalue weighted by molar-refractivity contribution is 5.27. The van der Waals surface area contributed by atoms with Crippen LogP contribution in [0.2, 0.25) is 0 Å². The molecule has 1 N–H and O–H groups in total. The lowest BCUT2D eigenvalue weighted by atomic mass is 10.0. The standard InChI is InChI=1S/C17H30N2/c1-5-13-19(15(3)4)14-17-10-8-7-9-16(17)11-12-18-6-2/h7-10,15,18H,5-6,11-14H2,1-4H3. The number of hydrogen-bond acceptors (Lipinski definition) is 2. The number of nitrogens with zero attached hydrogens (tertiary/aromatic N) is 1. The molecule has 1 rings (SSSR count). The van der Waals surface area contributed by atoms with Gasteiger partial charge in [-0.25, -0.2) is 0 Å². The van der Waals surface area contributed by atoms with Crippen LogP contribution in [-0.2, 0) is 13.0 Å². The van der Waals surface area contributed by atoms with Crippen molar-refractivity contribution in [3.05, 3.63) is 35.4 Å². The van der Waals surface area contributed by atoms with Gasteiger partial charge in [0.1, 0.15) is 0 Å². The molecule has 108 valence electrons. The Morgan fingerprint density at radius 2 is 1.79 bits per heavy atom. The third-order valence-electron chi connectivity index (χ3n) is 3.55. The van der Waals surface area contributed by atoms with E-state index >= 15 is 0 Å². The molecule has 2 heteroatoms. The first-order chi connectivity index (χ1) is 9.19. The van der Waals surface area contributed by atoms with Gasteiger partial charge < -0.3 is 5.32 Å². The van der Waals surface area contributed by atoms with Crippen LogP contribution in [0.5, 0.6) is 0 Å². The molecule has 0 saturated carbocycles. The van der Waals surface area contributed by atoms with Gasteiger partial charge in [-0.2, -0.15) is 0 Å². The first kappa shape index (κ1) is 16.2. The molecule has 1 aromatic rings. The number of benzene rings is 1. The SMILES string of the molecule is CCCN(Cc1ccccc1CCNCC)C(C)C. The highest BCUT2D eigenvalue weighted by Crippen LogP contribution is 2.14. The fraction of sp³-hybridized carbons (Fsp3) is 0.647. The highest BCUT2D eigenvalue weighted by atomic mass is 15.1. The second-order valence-corrected chi connectivity index (χ2v) is 5.44. The van der Waals surface area contributed by atoms with Crippen LogP contribution in [0.15, 0.2) is 24.3 Å². The monoisotopic (exact) mass is 262 g/mol. The van der Waals surface area contributed by atoms with E-state index in [-0.39, 0.29) is 0 Å². The zero-order valence-electron chi connectivity index (χ0n) is 13.1. The van der Waals surface area contributed by atoms with E-state index in [1.54, 1.807) is 0 Å². The van der Waals surface area contributed by atoms with Crippen molar-refractivity contribution in [2.75, 3.05) is 19.6 Å². The van der Waals surface area contributed by atoms with Crippen LogP contribution >= 0.6 is 0 Å². The molecule has 0 fully saturated rings. The Morgan fingerprint density at radius 3 is 2.37 bits per heavy atom. The molecule has 0 bridgehead atoms. The van der Waals surface area contributed by atoms with Gasteiger partial charge in [-0.3, -0.25) is 4.90 Å². The summed E-state index contributed by atoms with van der Waals surface area (Å²) in [7, 11) is 0. The molecule has 0 aliphatic carbocycles. The van der Waals surface area contributed by atoms with E-state index in [2.05, 4.69) is 62.2 Å². The van der Waals surface area contributed by atoms with Gasteiger partial charge in [-0.1, -0.05) is 38.1 Å². The van der Waals surface area contributed by atoms with Crippen LogP contribution in [0.3, 0.4) is 0 Å². The Labute approximate surface area is 119 Å². The summed E-state index contributed by atoms with van der Waals surface area (Å²) in [6.45, 7) is 13.4. The van der Waals surface area contributed by atoms with Gasteiger partial charge in [-0.05, 0) is 57.5 Å². The van der Waals surface area contributed by atoms with E-state index in [1.807, 2.05) is 0 Å². The Hall–Kier alpha value is -0.860. The summed E-state index contributed by atoms with van der Waals surface area (Å²) in [4.78, 5) is 2.56. The van der Waals surface area contributed by atoms with Crippen LogP contribution < -0.4 is 5.32 Å². The smallest absolute Gasteiger partial charge is 0.0239 e. The van der Waals surface area contributed by atoms with Gasteiger partial charge in [0.25, 0.3) is 0 Å². The van der Waals surface area contributed by atoms with Crippen molar-refractivity contribution in [1.82, 2.24) is 10.2 Å². The summed E-state index contributed by atoms with van der Waals surface area (Å²) in [5, 5.41) is 3.41. The molecule has 0 saturated heterocycles. The summed E-state index contributed by atoms with van der Waals surface area (Å²) >= 11 is 0. The fourth-order valence-corrected chi connectivity index (χ4v) is 2.38. The van der Waals surface area contributed by atoms with Gasteiger partial charge in [-0.15, -0.1) is 0 Å². The Bertz CT molecular complexity index is 347. The normalized spacial score (nSPS) is 11.5. The second-order valence-electron chi connectivity index (χ2n) is 5.44. The largest absolute Gasteiger partial charge is 0.317 e. The maximum atomic E-state index is 3.41. The lowest BCUT2D eigenvalue weighted by molar-refractivity contribution is 0.212. The van der Waals surface area contributed by atoms with Crippen LogP contribution in [0.4, 0.5) is 0 Å². The average molecular weight is 262 g/mol. The minimum absolute atomic E-state index is 0.613. The van der Waals surface area contributed by atoms with Crippen LogP contribution in [0.1, 0.15) is 45.2 Å². The molecule has 1 aromatic carbocycles. The van der Waals surface area contributed by atoms with E-state index < -0.39 is 0 Å². The maximum Gasteiger partial charge on any atom is 0.0239 e. The van der Waals surface area contributed by atoms with Gasteiger partial charge in [0.05, 0.1) is 0 Å². The molecule has 0 amide bonds. The molecule has 0 atom stereocenters. The van der Waals surface area contributed by atoms with E-state index in [0.717, 1.165) is 26.1 Å². The number of rotatable bonds is 9. The van der Waals surface area contributed by atoms with Crippen molar-refractivity contribution in [2.45, 2.75) is 53.1 Å². The number of hydrogen-bond donors (Lipinski definition) is 1. The molecule has 0 aliphatic rings. The molecule has 2 nitrogen and oxygen atoms in total. The minimum atomic E-state index is 0.613. The Morgan fingerprint density at radius 1 is 1.11 bits per heavy atom. The zero-order valence-corrected chi connectivity index (χ0v) is 13.1. The van der Waals surface area contributed by atoms with Crippen LogP contribution in [-0.4, -0.2) is 30.6 Å². The van der Waals surface area contributed by atoms with E-state index in [9.17, 15) is 0 Å². The molecule has 0 spiro atoms. The number of nitrogens with one attached hydrogen (secondary N) is 1. The van der Waals surface area contributed by atoms with E-state index in [4.69, 9.17) is 0 Å². The van der Waals surface area contributed by atoms with Gasteiger partial charge in [0.2, 0.25) is 0 Å². The van der Waals surface area contributed by atoms with Crippen molar-refractivity contribution < 1.29 is 0 Å². The Balaban J connectivity index is 2.69. The molecule has 0 unspecified atom stereocenters. The summed E-state index contributed by atoms with van der Waals surface area (Å²) in [6, 6.07) is 9.49. The van der Waals surface area contributed by atoms with E-state index in [0.29, 0.717) is 6.04 Å². The van der Waals surface area contributed by atoms with Crippen LogP contribution in [0, 0.1) is 0 Å². The molecule has 0 radical (unpaired) electrons. The quantitative estimate of drug-likeness (QED) is 0.686. The van der Waals surface area contributed by atoms with Crippen molar-refractivity contribution in [3.63, 3.8) is 0 Å². The average Bonchev–Trinajstić information content (AvgIpc) is 2.40. The summed E-state index contributed by atoms with van der Waals surface area (Å²) in [5.41, 5.74) is 2.98. The number of likely N-dealkylation sites (N-methyl/N-ethyl adjacent to an activating group) is 1. The van der Waals surface area contributed by atoms with Crippen LogP contribution in [0.25, 0.3) is 0 Å². The topological polar surface area (TPSA) is 15.3 Å². The van der Waals surface area contributed by atoms with Gasteiger partial charge in [0.15, 0.2) is 0 Å². The van der Waals surface area contributed by atoms with Crippen molar-refractivity contribution in [3.8, 4) is 0 Å². The third-order valence-corrected chi connectivity index (χ3v) is 3.55. The zero-order chi connectivity index (χ0) is 14.1. The van der Waals surface area contributed by atoms with Gasteiger partial charge >= 0.3 is 0 Å². The predicted molar refractivity (Wildman–Crippen MR) is 84.5 cm³/mol. The third kappa shape index (κ3) is 5.75. The fourth-order valence-electron chi connectivity index (χ4n) is 2.38.